The topological polar surface area (TPSA) is 102 Å². The van der Waals surface area contributed by atoms with Crippen molar-refractivity contribution in [3.8, 4) is 16.9 Å². The number of H-pyrrole nitrogens is 1. The summed E-state index contributed by atoms with van der Waals surface area (Å²) < 4.78 is 11.6. The molecule has 1 aliphatic heterocycles. The molecule has 3 aromatic rings. The zero-order chi connectivity index (χ0) is 24.7. The first-order valence-corrected chi connectivity index (χ1v) is 13.1. The Hall–Kier alpha value is -3.26. The minimum Gasteiger partial charge on any atom is -0.493 e. The highest BCUT2D eigenvalue weighted by atomic mass is 16.5. The predicted molar refractivity (Wildman–Crippen MR) is 138 cm³/mol. The van der Waals surface area contributed by atoms with E-state index in [-0.39, 0.29) is 11.7 Å². The van der Waals surface area contributed by atoms with Crippen LogP contribution in [0.5, 0.6) is 5.75 Å². The lowest BCUT2D eigenvalue weighted by molar-refractivity contribution is 0.0497. The summed E-state index contributed by atoms with van der Waals surface area (Å²) in [6, 6.07) is 9.95. The highest BCUT2D eigenvalue weighted by Crippen LogP contribution is 2.30. The van der Waals surface area contributed by atoms with Crippen molar-refractivity contribution >= 4 is 11.7 Å². The Morgan fingerprint density at radius 3 is 2.72 bits per heavy atom. The molecule has 3 heterocycles. The minimum absolute atomic E-state index is 0.215. The van der Waals surface area contributed by atoms with Crippen molar-refractivity contribution in [3.63, 3.8) is 0 Å². The second kappa shape index (κ2) is 11.6. The molecule has 36 heavy (non-hydrogen) atoms. The van der Waals surface area contributed by atoms with Gasteiger partial charge in [-0.3, -0.25) is 4.79 Å². The number of hydrogen-bond donors (Lipinski definition) is 2. The third-order valence-corrected chi connectivity index (χ3v) is 7.30. The van der Waals surface area contributed by atoms with Gasteiger partial charge in [-0.15, -0.1) is 10.2 Å². The molecule has 1 saturated heterocycles. The Bertz CT molecular complexity index is 1170. The largest absolute Gasteiger partial charge is 0.493 e. The number of carbonyl (C=O) groups excluding carboxylic acids is 1. The quantitative estimate of drug-likeness (QED) is 0.442. The molecule has 2 aromatic heterocycles. The van der Waals surface area contributed by atoms with E-state index < -0.39 is 0 Å². The molecule has 1 saturated carbocycles. The van der Waals surface area contributed by atoms with Gasteiger partial charge in [-0.25, -0.2) is 4.98 Å². The summed E-state index contributed by atoms with van der Waals surface area (Å²) in [5.74, 6) is 3.13. The van der Waals surface area contributed by atoms with Gasteiger partial charge < -0.3 is 19.8 Å². The lowest BCUT2D eigenvalue weighted by Gasteiger charge is -2.22. The molecule has 0 bridgehead atoms. The van der Waals surface area contributed by atoms with E-state index in [1.807, 2.05) is 18.2 Å². The van der Waals surface area contributed by atoms with Crippen molar-refractivity contribution in [1.82, 2.24) is 20.2 Å². The van der Waals surface area contributed by atoms with Gasteiger partial charge in [0.15, 0.2) is 0 Å². The summed E-state index contributed by atoms with van der Waals surface area (Å²) in [6.45, 7) is 4.39. The zero-order valence-corrected chi connectivity index (χ0v) is 21.0. The number of amides is 1. The zero-order valence-electron chi connectivity index (χ0n) is 21.0. The van der Waals surface area contributed by atoms with Crippen LogP contribution in [-0.2, 0) is 11.2 Å². The summed E-state index contributed by atoms with van der Waals surface area (Å²) in [5, 5.41) is 11.1. The van der Waals surface area contributed by atoms with Crippen LogP contribution in [0.4, 0.5) is 5.82 Å². The SMILES string of the molecule is Cc1ccc(OCC2CCOCC2)cc1-c1ccnc(NC(=O)c2nnc(CC3CCCCC3)[nH]2)c1. The van der Waals surface area contributed by atoms with Crippen LogP contribution in [0.15, 0.2) is 36.5 Å². The number of anilines is 1. The van der Waals surface area contributed by atoms with Crippen molar-refractivity contribution in [1.29, 1.82) is 0 Å². The van der Waals surface area contributed by atoms with Crippen molar-refractivity contribution in [3.05, 3.63) is 53.7 Å². The average Bonchev–Trinajstić information content (AvgIpc) is 3.38. The van der Waals surface area contributed by atoms with Gasteiger partial charge in [0, 0.05) is 25.8 Å². The van der Waals surface area contributed by atoms with E-state index in [4.69, 9.17) is 9.47 Å². The number of aryl methyl sites for hydroxylation is 1. The van der Waals surface area contributed by atoms with Crippen molar-refractivity contribution in [2.75, 3.05) is 25.1 Å². The molecule has 8 nitrogen and oxygen atoms in total. The second-order valence-electron chi connectivity index (χ2n) is 10.1. The first kappa shape index (κ1) is 24.4. The van der Waals surface area contributed by atoms with Gasteiger partial charge in [-0.05, 0) is 72.6 Å². The number of carbonyl (C=O) groups is 1. The van der Waals surface area contributed by atoms with Gasteiger partial charge in [-0.2, -0.15) is 0 Å². The normalized spacial score (nSPS) is 17.1. The Labute approximate surface area is 212 Å². The van der Waals surface area contributed by atoms with Crippen LogP contribution in [0.2, 0.25) is 0 Å². The van der Waals surface area contributed by atoms with E-state index in [1.165, 1.54) is 32.1 Å². The molecule has 2 aliphatic rings. The van der Waals surface area contributed by atoms with Crippen LogP contribution < -0.4 is 10.1 Å². The van der Waals surface area contributed by atoms with Crippen LogP contribution in [0.25, 0.3) is 11.1 Å². The molecule has 1 amide bonds. The summed E-state index contributed by atoms with van der Waals surface area (Å²) in [4.78, 5) is 20.3. The smallest absolute Gasteiger partial charge is 0.294 e. The summed E-state index contributed by atoms with van der Waals surface area (Å²) >= 11 is 0. The van der Waals surface area contributed by atoms with Crippen LogP contribution >= 0.6 is 0 Å². The molecule has 0 spiro atoms. The molecular formula is C28H35N5O3. The maximum atomic E-state index is 12.8. The van der Waals surface area contributed by atoms with Gasteiger partial charge in [0.05, 0.1) is 6.61 Å². The number of hydrogen-bond acceptors (Lipinski definition) is 6. The molecule has 5 rings (SSSR count). The number of benzene rings is 1. The fraction of sp³-hybridized carbons (Fsp3) is 0.500. The summed E-state index contributed by atoms with van der Waals surface area (Å²) in [7, 11) is 0. The number of rotatable bonds is 8. The Kier molecular flexibility index (Phi) is 7.91. The molecule has 2 N–H and O–H groups in total. The molecule has 0 atom stereocenters. The third kappa shape index (κ3) is 6.29. The molecule has 1 aliphatic carbocycles. The van der Waals surface area contributed by atoms with E-state index in [9.17, 15) is 4.79 Å². The van der Waals surface area contributed by atoms with E-state index in [0.29, 0.717) is 24.3 Å². The van der Waals surface area contributed by atoms with E-state index in [1.54, 1.807) is 6.20 Å². The van der Waals surface area contributed by atoms with Gasteiger partial charge in [0.25, 0.3) is 5.91 Å². The highest BCUT2D eigenvalue weighted by molar-refractivity contribution is 6.01. The molecule has 1 aromatic carbocycles. The highest BCUT2D eigenvalue weighted by Gasteiger charge is 2.19. The Balaban J connectivity index is 1.23. The molecule has 0 unspecified atom stereocenters. The first-order chi connectivity index (χ1) is 17.6. The molecule has 0 radical (unpaired) electrons. The maximum Gasteiger partial charge on any atom is 0.294 e. The van der Waals surface area contributed by atoms with Crippen LogP contribution in [0.1, 0.15) is 67.0 Å². The van der Waals surface area contributed by atoms with E-state index in [2.05, 4.69) is 44.5 Å². The van der Waals surface area contributed by atoms with Gasteiger partial charge in [-0.1, -0.05) is 38.2 Å². The number of nitrogens with zero attached hydrogens (tertiary/aromatic N) is 3. The lowest BCUT2D eigenvalue weighted by atomic mass is 9.87. The lowest BCUT2D eigenvalue weighted by Crippen LogP contribution is -2.21. The first-order valence-electron chi connectivity index (χ1n) is 13.1. The van der Waals surface area contributed by atoms with Crippen LogP contribution in [0, 0.1) is 18.8 Å². The number of ether oxygens (including phenoxy) is 2. The summed E-state index contributed by atoms with van der Waals surface area (Å²) in [6.07, 6.45) is 10.9. The monoisotopic (exact) mass is 489 g/mol. The number of nitrogens with one attached hydrogen (secondary N) is 2. The van der Waals surface area contributed by atoms with Crippen LogP contribution in [0.3, 0.4) is 0 Å². The standard InChI is InChI=1S/C28H35N5O3/c1-19-7-8-23(36-18-21-10-13-35-14-11-21)17-24(19)22-9-12-29-25(16-22)31-28(34)27-30-26(32-33-27)15-20-5-3-2-4-6-20/h7-9,12,16-17,20-21H,2-6,10-11,13-15,18H2,1H3,(H,29,31,34)(H,30,32,33). The van der Waals surface area contributed by atoms with E-state index in [0.717, 1.165) is 60.7 Å². The number of aromatic nitrogens is 4. The fourth-order valence-electron chi connectivity index (χ4n) is 5.13. The maximum absolute atomic E-state index is 12.8. The third-order valence-electron chi connectivity index (χ3n) is 7.30. The molecule has 8 heteroatoms. The fourth-order valence-corrected chi connectivity index (χ4v) is 5.13. The van der Waals surface area contributed by atoms with Crippen molar-refractivity contribution < 1.29 is 14.3 Å². The predicted octanol–water partition coefficient (Wildman–Crippen LogP) is 5.36. The van der Waals surface area contributed by atoms with E-state index >= 15 is 0 Å². The van der Waals surface area contributed by atoms with Crippen molar-refractivity contribution in [2.24, 2.45) is 11.8 Å². The van der Waals surface area contributed by atoms with Gasteiger partial charge in [0.1, 0.15) is 17.4 Å². The molecule has 190 valence electrons. The number of pyridine rings is 1. The van der Waals surface area contributed by atoms with Crippen molar-refractivity contribution in [2.45, 2.75) is 58.3 Å². The molecular weight excluding hydrogens is 454 g/mol. The Morgan fingerprint density at radius 1 is 1.06 bits per heavy atom. The van der Waals surface area contributed by atoms with Gasteiger partial charge in [0.2, 0.25) is 5.82 Å². The average molecular weight is 490 g/mol. The minimum atomic E-state index is -0.340. The van der Waals surface area contributed by atoms with Crippen LogP contribution in [-0.4, -0.2) is 45.9 Å². The molecule has 2 fully saturated rings. The second-order valence-corrected chi connectivity index (χ2v) is 10.1. The Morgan fingerprint density at radius 2 is 1.89 bits per heavy atom. The summed E-state index contributed by atoms with van der Waals surface area (Å²) in [5.41, 5.74) is 3.14. The number of aromatic amines is 1. The van der Waals surface area contributed by atoms with Gasteiger partial charge >= 0.3 is 0 Å².